The normalized spacial score (nSPS) is 10.3. The molecule has 0 aliphatic rings. The summed E-state index contributed by atoms with van der Waals surface area (Å²) in [5.74, 6) is 1.94. The summed E-state index contributed by atoms with van der Waals surface area (Å²) in [6, 6.07) is 8.40. The van der Waals surface area contributed by atoms with Gasteiger partial charge in [0.2, 0.25) is 0 Å². The lowest BCUT2D eigenvalue weighted by Crippen LogP contribution is -1.98. The average Bonchev–Trinajstić information content (AvgIpc) is 2.82. The van der Waals surface area contributed by atoms with Crippen molar-refractivity contribution in [3.05, 3.63) is 41.4 Å². The minimum Gasteiger partial charge on any atom is -0.370 e. The lowest BCUT2D eigenvalue weighted by atomic mass is 10.3. The zero-order valence-electron chi connectivity index (χ0n) is 9.14. The van der Waals surface area contributed by atoms with Gasteiger partial charge in [0, 0.05) is 18.5 Å². The summed E-state index contributed by atoms with van der Waals surface area (Å²) in [6.07, 6.45) is 1.94. The van der Waals surface area contributed by atoms with E-state index in [-0.39, 0.29) is 0 Å². The fourth-order valence-electron chi connectivity index (χ4n) is 1.30. The van der Waals surface area contributed by atoms with Gasteiger partial charge in [-0.15, -0.1) is 23.1 Å². The second-order valence-corrected chi connectivity index (χ2v) is 5.53. The highest BCUT2D eigenvalue weighted by atomic mass is 32.2. The second-order valence-electron chi connectivity index (χ2n) is 3.30. The molecule has 0 radical (unpaired) electrons. The molecule has 16 heavy (non-hydrogen) atoms. The van der Waals surface area contributed by atoms with Gasteiger partial charge in [-0.05, 0) is 30.0 Å². The van der Waals surface area contributed by atoms with Crippen LogP contribution in [-0.4, -0.2) is 11.5 Å². The predicted octanol–water partition coefficient (Wildman–Crippen LogP) is 3.87. The van der Waals surface area contributed by atoms with Crippen molar-refractivity contribution in [1.29, 1.82) is 0 Å². The first-order valence-corrected chi connectivity index (χ1v) is 7.10. The van der Waals surface area contributed by atoms with E-state index in [4.69, 9.17) is 0 Å². The number of hydrogen-bond acceptors (Lipinski definition) is 4. The maximum absolute atomic E-state index is 4.35. The minimum atomic E-state index is 0.913. The van der Waals surface area contributed by atoms with Crippen molar-refractivity contribution in [3.8, 4) is 0 Å². The molecule has 84 valence electrons. The summed E-state index contributed by atoms with van der Waals surface area (Å²) in [7, 11) is 0. The van der Waals surface area contributed by atoms with E-state index in [0.29, 0.717) is 0 Å². The molecule has 2 rings (SSSR count). The highest BCUT2D eigenvalue weighted by molar-refractivity contribution is 8.00. The van der Waals surface area contributed by atoms with E-state index in [2.05, 4.69) is 40.8 Å². The van der Waals surface area contributed by atoms with Gasteiger partial charge in [0.1, 0.15) is 5.82 Å². The summed E-state index contributed by atoms with van der Waals surface area (Å²) in [6.45, 7) is 2.98. The Hall–Kier alpha value is -1.00. The van der Waals surface area contributed by atoms with Crippen LogP contribution in [0.2, 0.25) is 0 Å². The molecular weight excluding hydrogens is 236 g/mol. The number of anilines is 1. The SMILES string of the molecule is CCNc1ccc(CSc2cccs2)cn1. The van der Waals surface area contributed by atoms with E-state index in [1.807, 2.05) is 24.0 Å². The van der Waals surface area contributed by atoms with Gasteiger partial charge < -0.3 is 5.32 Å². The van der Waals surface area contributed by atoms with Gasteiger partial charge >= 0.3 is 0 Å². The number of nitrogens with one attached hydrogen (secondary N) is 1. The number of pyridine rings is 1. The van der Waals surface area contributed by atoms with Crippen molar-refractivity contribution in [2.24, 2.45) is 0 Å². The van der Waals surface area contributed by atoms with Crippen molar-refractivity contribution in [2.75, 3.05) is 11.9 Å². The van der Waals surface area contributed by atoms with Crippen LogP contribution in [0.1, 0.15) is 12.5 Å². The molecule has 0 aliphatic heterocycles. The Morgan fingerprint density at radius 3 is 2.94 bits per heavy atom. The second kappa shape index (κ2) is 5.92. The first-order valence-electron chi connectivity index (χ1n) is 5.23. The summed E-state index contributed by atoms with van der Waals surface area (Å²) >= 11 is 3.64. The molecule has 0 unspecified atom stereocenters. The van der Waals surface area contributed by atoms with Crippen molar-refractivity contribution in [2.45, 2.75) is 16.9 Å². The lowest BCUT2D eigenvalue weighted by molar-refractivity contribution is 1.14. The fourth-order valence-corrected chi connectivity index (χ4v) is 3.01. The molecule has 1 N–H and O–H groups in total. The topological polar surface area (TPSA) is 24.9 Å². The molecule has 0 bridgehead atoms. The molecule has 0 aliphatic carbocycles. The molecule has 0 fully saturated rings. The van der Waals surface area contributed by atoms with E-state index in [0.717, 1.165) is 18.1 Å². The van der Waals surface area contributed by atoms with Crippen LogP contribution in [0.25, 0.3) is 0 Å². The number of thiophene rings is 1. The summed E-state index contributed by atoms with van der Waals surface area (Å²) in [5, 5.41) is 5.29. The van der Waals surface area contributed by atoms with Crippen LogP contribution in [0.4, 0.5) is 5.82 Å². The first kappa shape index (κ1) is 11.5. The summed E-state index contributed by atoms with van der Waals surface area (Å²) in [4.78, 5) is 4.35. The van der Waals surface area contributed by atoms with Crippen molar-refractivity contribution < 1.29 is 0 Å². The molecule has 0 saturated carbocycles. The molecule has 2 aromatic rings. The van der Waals surface area contributed by atoms with E-state index in [9.17, 15) is 0 Å². The van der Waals surface area contributed by atoms with Crippen molar-refractivity contribution in [3.63, 3.8) is 0 Å². The van der Waals surface area contributed by atoms with E-state index in [1.54, 1.807) is 11.3 Å². The van der Waals surface area contributed by atoms with E-state index < -0.39 is 0 Å². The molecule has 0 spiro atoms. The number of hydrogen-bond donors (Lipinski definition) is 1. The Bertz CT molecular complexity index is 409. The van der Waals surface area contributed by atoms with Gasteiger partial charge in [0.05, 0.1) is 4.21 Å². The third-order valence-electron chi connectivity index (χ3n) is 2.06. The van der Waals surface area contributed by atoms with Gasteiger partial charge in [-0.2, -0.15) is 0 Å². The lowest BCUT2D eigenvalue weighted by Gasteiger charge is -2.03. The maximum Gasteiger partial charge on any atom is 0.125 e. The van der Waals surface area contributed by atoms with Gasteiger partial charge in [-0.1, -0.05) is 12.1 Å². The van der Waals surface area contributed by atoms with Gasteiger partial charge in [-0.3, -0.25) is 0 Å². The standard InChI is InChI=1S/C12H14N2S2/c1-2-13-11-6-5-10(8-14-11)9-16-12-4-3-7-15-12/h3-8H,2,9H2,1H3,(H,13,14). The highest BCUT2D eigenvalue weighted by Crippen LogP contribution is 2.26. The maximum atomic E-state index is 4.35. The van der Waals surface area contributed by atoms with E-state index in [1.165, 1.54) is 9.77 Å². The van der Waals surface area contributed by atoms with E-state index >= 15 is 0 Å². The highest BCUT2D eigenvalue weighted by Gasteiger charge is 1.98. The first-order chi connectivity index (χ1) is 7.88. The molecule has 2 aromatic heterocycles. The average molecular weight is 250 g/mol. The molecule has 0 saturated heterocycles. The quantitative estimate of drug-likeness (QED) is 0.815. The number of nitrogens with zero attached hydrogens (tertiary/aromatic N) is 1. The Labute approximate surface area is 104 Å². The number of aromatic nitrogens is 1. The summed E-state index contributed by atoms with van der Waals surface area (Å²) < 4.78 is 1.36. The zero-order chi connectivity index (χ0) is 11.2. The van der Waals surface area contributed by atoms with Crippen molar-refractivity contribution in [1.82, 2.24) is 4.98 Å². The molecular formula is C12H14N2S2. The monoisotopic (exact) mass is 250 g/mol. The number of rotatable bonds is 5. The Kier molecular flexibility index (Phi) is 4.25. The molecule has 0 aromatic carbocycles. The van der Waals surface area contributed by atoms with Crippen LogP contribution in [0.3, 0.4) is 0 Å². The Morgan fingerprint density at radius 1 is 1.38 bits per heavy atom. The van der Waals surface area contributed by atoms with Gasteiger partial charge in [0.15, 0.2) is 0 Å². The van der Waals surface area contributed by atoms with Crippen LogP contribution in [0, 0.1) is 0 Å². The Balaban J connectivity index is 1.90. The molecule has 2 nitrogen and oxygen atoms in total. The van der Waals surface area contributed by atoms with Crippen LogP contribution in [-0.2, 0) is 5.75 Å². The third kappa shape index (κ3) is 3.25. The molecule has 4 heteroatoms. The molecule has 0 amide bonds. The van der Waals surface area contributed by atoms with Crippen LogP contribution in [0.5, 0.6) is 0 Å². The van der Waals surface area contributed by atoms with Crippen LogP contribution in [0.15, 0.2) is 40.1 Å². The Morgan fingerprint density at radius 2 is 2.31 bits per heavy atom. The smallest absolute Gasteiger partial charge is 0.125 e. The van der Waals surface area contributed by atoms with Gasteiger partial charge in [-0.25, -0.2) is 4.98 Å². The zero-order valence-corrected chi connectivity index (χ0v) is 10.8. The largest absolute Gasteiger partial charge is 0.370 e. The van der Waals surface area contributed by atoms with Crippen LogP contribution < -0.4 is 5.32 Å². The third-order valence-corrected chi connectivity index (χ3v) is 4.26. The van der Waals surface area contributed by atoms with Gasteiger partial charge in [0.25, 0.3) is 0 Å². The summed E-state index contributed by atoms with van der Waals surface area (Å²) in [5.41, 5.74) is 1.26. The van der Waals surface area contributed by atoms with Crippen molar-refractivity contribution >= 4 is 28.9 Å². The predicted molar refractivity (Wildman–Crippen MR) is 72.3 cm³/mol. The molecule has 2 heterocycles. The molecule has 0 atom stereocenters. The fraction of sp³-hybridized carbons (Fsp3) is 0.250. The number of thioether (sulfide) groups is 1. The van der Waals surface area contributed by atoms with Crippen LogP contribution >= 0.6 is 23.1 Å². The minimum absolute atomic E-state index is 0.913.